The molecular formula is C5HNO5. The Balaban J connectivity index is 4.24. The molecule has 0 radical (unpaired) electrons. The molecule has 0 saturated carbocycles. The molecule has 0 aliphatic carbocycles. The van der Waals surface area contributed by atoms with Gasteiger partial charge in [-0.05, 0) is 0 Å². The van der Waals surface area contributed by atoms with Crippen molar-refractivity contribution >= 4 is 0 Å². The molecule has 6 heteroatoms. The predicted molar refractivity (Wildman–Crippen MR) is 34.5 cm³/mol. The largest absolute Gasteiger partial charge is 0.303 e. The van der Waals surface area contributed by atoms with Crippen molar-refractivity contribution in [3.8, 4) is 0 Å². The van der Waals surface area contributed by atoms with Crippen LogP contribution in [0.4, 0.5) is 0 Å². The fourth-order valence-electron chi connectivity index (χ4n) is 0.526. The minimum absolute atomic E-state index is 1.35. The maximum atomic E-state index is 10.4. The minimum atomic E-state index is -1.57. The summed E-state index contributed by atoms with van der Waals surface area (Å²) in [5.41, 5.74) is -7.25. The molecule has 1 aromatic rings. The number of nitrogens with one attached hydrogen (secondary N) is 1. The third kappa shape index (κ3) is 0.936. The standard InChI is InChI=1S/C5HNO5/c7-1-2(8)4(10)6-5(11)3(1)9/h(H,6,10,11). The molecule has 1 N–H and O–H groups in total. The van der Waals surface area contributed by atoms with E-state index in [9.17, 15) is 24.0 Å². The second-order valence-corrected chi connectivity index (χ2v) is 1.77. The Bertz CT molecular complexity index is 484. The van der Waals surface area contributed by atoms with Crippen LogP contribution in [0.15, 0.2) is 24.0 Å². The zero-order valence-electron chi connectivity index (χ0n) is 5.04. The van der Waals surface area contributed by atoms with E-state index in [0.29, 0.717) is 0 Å². The molecule has 0 fully saturated rings. The summed E-state index contributed by atoms with van der Waals surface area (Å²) in [5, 5.41) is 0. The molecule has 0 atom stereocenters. The number of hydrogen-bond donors (Lipinski definition) is 1. The van der Waals surface area contributed by atoms with Gasteiger partial charge in [0, 0.05) is 0 Å². The van der Waals surface area contributed by atoms with Crippen molar-refractivity contribution in [1.29, 1.82) is 0 Å². The average molecular weight is 155 g/mol. The number of aromatic nitrogens is 1. The summed E-state index contributed by atoms with van der Waals surface area (Å²) >= 11 is 0. The molecule has 6 nitrogen and oxygen atoms in total. The Kier molecular flexibility index (Phi) is 1.37. The van der Waals surface area contributed by atoms with Crippen LogP contribution in [0.3, 0.4) is 0 Å². The van der Waals surface area contributed by atoms with Crippen molar-refractivity contribution in [3.63, 3.8) is 0 Å². The van der Waals surface area contributed by atoms with Gasteiger partial charge in [0.25, 0.3) is 16.3 Å². The van der Waals surface area contributed by atoms with Crippen molar-refractivity contribution in [2.45, 2.75) is 0 Å². The second kappa shape index (κ2) is 2.08. The second-order valence-electron chi connectivity index (χ2n) is 1.77. The molecule has 0 saturated heterocycles. The van der Waals surface area contributed by atoms with Crippen LogP contribution in [0.1, 0.15) is 0 Å². The molecule has 0 aliphatic rings. The molecule has 1 rings (SSSR count). The molecule has 56 valence electrons. The van der Waals surface area contributed by atoms with Crippen LogP contribution in [-0.2, 0) is 0 Å². The summed E-state index contributed by atoms with van der Waals surface area (Å²) in [6, 6.07) is 0. The van der Waals surface area contributed by atoms with Crippen LogP contribution in [0, 0.1) is 0 Å². The Morgan fingerprint density at radius 2 is 1.00 bits per heavy atom. The zero-order chi connectivity index (χ0) is 8.59. The van der Waals surface area contributed by atoms with E-state index in [0.717, 1.165) is 0 Å². The first-order valence-electron chi connectivity index (χ1n) is 2.52. The lowest BCUT2D eigenvalue weighted by atomic mass is 10.4. The number of pyridine rings is 1. The molecule has 0 unspecified atom stereocenters. The van der Waals surface area contributed by atoms with E-state index in [1.54, 1.807) is 0 Å². The summed E-state index contributed by atoms with van der Waals surface area (Å²) in [6.45, 7) is 0. The normalized spacial score (nSPS) is 9.82. The van der Waals surface area contributed by atoms with Gasteiger partial charge < -0.3 is 0 Å². The van der Waals surface area contributed by atoms with Gasteiger partial charge in [-0.1, -0.05) is 0 Å². The fourth-order valence-corrected chi connectivity index (χ4v) is 0.526. The van der Waals surface area contributed by atoms with E-state index in [1.165, 1.54) is 4.98 Å². The summed E-state index contributed by atoms with van der Waals surface area (Å²) in [7, 11) is 0. The minimum Gasteiger partial charge on any atom is -0.282 e. The summed E-state index contributed by atoms with van der Waals surface area (Å²) in [4.78, 5) is 53.1. The van der Waals surface area contributed by atoms with E-state index >= 15 is 0 Å². The van der Waals surface area contributed by atoms with Gasteiger partial charge in [0.1, 0.15) is 0 Å². The first kappa shape index (κ1) is 7.26. The Hall–Kier alpha value is -1.85. The number of hydrogen-bond acceptors (Lipinski definition) is 5. The van der Waals surface area contributed by atoms with Crippen LogP contribution in [0.5, 0.6) is 0 Å². The molecule has 0 bridgehead atoms. The summed E-state index contributed by atoms with van der Waals surface area (Å²) < 4.78 is 0. The average Bonchev–Trinajstić information content (AvgIpc) is 1.97. The van der Waals surface area contributed by atoms with Crippen molar-refractivity contribution in [2.75, 3.05) is 0 Å². The van der Waals surface area contributed by atoms with Crippen LogP contribution in [-0.4, -0.2) is 4.98 Å². The van der Waals surface area contributed by atoms with Gasteiger partial charge in [-0.15, -0.1) is 0 Å². The van der Waals surface area contributed by atoms with Crippen LogP contribution in [0.25, 0.3) is 0 Å². The molecule has 0 aliphatic heterocycles. The van der Waals surface area contributed by atoms with Gasteiger partial charge in [0.05, 0.1) is 0 Å². The smallest absolute Gasteiger partial charge is 0.282 e. The van der Waals surface area contributed by atoms with Crippen LogP contribution >= 0.6 is 0 Å². The van der Waals surface area contributed by atoms with Crippen molar-refractivity contribution in [3.05, 3.63) is 51.4 Å². The first-order valence-corrected chi connectivity index (χ1v) is 2.52. The van der Waals surface area contributed by atoms with Crippen molar-refractivity contribution < 1.29 is 0 Å². The van der Waals surface area contributed by atoms with Crippen LogP contribution < -0.4 is 27.4 Å². The van der Waals surface area contributed by atoms with Gasteiger partial charge in [-0.25, -0.2) is 0 Å². The summed E-state index contributed by atoms with van der Waals surface area (Å²) in [5.74, 6) is 0. The van der Waals surface area contributed by atoms with Gasteiger partial charge in [-0.2, -0.15) is 0 Å². The zero-order valence-corrected chi connectivity index (χ0v) is 5.04. The molecule has 0 amide bonds. The van der Waals surface area contributed by atoms with Crippen molar-refractivity contribution in [2.24, 2.45) is 0 Å². The monoisotopic (exact) mass is 155 g/mol. The number of aromatic amines is 1. The molecule has 1 heterocycles. The molecule has 1 aromatic heterocycles. The van der Waals surface area contributed by atoms with E-state index < -0.39 is 27.4 Å². The Labute approximate surface area is 57.5 Å². The summed E-state index contributed by atoms with van der Waals surface area (Å²) in [6.07, 6.45) is 0. The van der Waals surface area contributed by atoms with Gasteiger partial charge in [0.2, 0.25) is 0 Å². The maximum Gasteiger partial charge on any atom is 0.303 e. The van der Waals surface area contributed by atoms with E-state index in [-0.39, 0.29) is 0 Å². The first-order chi connectivity index (χ1) is 5.04. The van der Waals surface area contributed by atoms with Gasteiger partial charge in [0.15, 0.2) is 0 Å². The predicted octanol–water partition coefficient (Wildman–Crippen LogP) is -3.31. The topological polar surface area (TPSA) is 101 Å². The maximum absolute atomic E-state index is 10.4. The highest BCUT2D eigenvalue weighted by Gasteiger charge is 2.06. The number of H-pyrrole nitrogens is 1. The van der Waals surface area contributed by atoms with E-state index in [1.807, 2.05) is 0 Å². The molecule has 0 aromatic carbocycles. The highest BCUT2D eigenvalue weighted by molar-refractivity contribution is 4.94. The third-order valence-corrected chi connectivity index (χ3v) is 1.05. The molecule has 0 spiro atoms. The lowest BCUT2D eigenvalue weighted by Crippen LogP contribution is -2.55. The Morgan fingerprint density at radius 3 is 1.36 bits per heavy atom. The van der Waals surface area contributed by atoms with Gasteiger partial charge in [-0.3, -0.25) is 29.0 Å². The highest BCUT2D eigenvalue weighted by atomic mass is 16.2. The lowest BCUT2D eigenvalue weighted by Gasteiger charge is -1.72. The lowest BCUT2D eigenvalue weighted by molar-refractivity contribution is 1.08. The van der Waals surface area contributed by atoms with E-state index in [4.69, 9.17) is 0 Å². The van der Waals surface area contributed by atoms with E-state index in [2.05, 4.69) is 0 Å². The number of rotatable bonds is 0. The SMILES string of the molecule is O=c1[nH]c(=O)c(=O)c(=O)c1=O. The third-order valence-electron chi connectivity index (χ3n) is 1.05. The molecular weight excluding hydrogens is 154 g/mol. The van der Waals surface area contributed by atoms with Crippen molar-refractivity contribution in [1.82, 2.24) is 4.98 Å². The fraction of sp³-hybridized carbons (Fsp3) is 0. The quantitative estimate of drug-likeness (QED) is 0.395. The van der Waals surface area contributed by atoms with Gasteiger partial charge >= 0.3 is 11.1 Å². The van der Waals surface area contributed by atoms with Crippen LogP contribution in [0.2, 0.25) is 0 Å². The molecule has 11 heavy (non-hydrogen) atoms. The highest BCUT2D eigenvalue weighted by Crippen LogP contribution is 1.28. The Morgan fingerprint density at radius 1 is 0.636 bits per heavy atom.